The fourth-order valence-electron chi connectivity index (χ4n) is 2.02. The fourth-order valence-corrected chi connectivity index (χ4v) is 2.82. The molecule has 21 heavy (non-hydrogen) atoms. The summed E-state index contributed by atoms with van der Waals surface area (Å²) >= 11 is 0. The van der Waals surface area contributed by atoms with Gasteiger partial charge in [0, 0.05) is 19.6 Å². The molecule has 0 saturated heterocycles. The maximum absolute atomic E-state index is 11.8. The molecule has 2 unspecified atom stereocenters. The van der Waals surface area contributed by atoms with Gasteiger partial charge in [-0.3, -0.25) is 4.99 Å². The first-order chi connectivity index (χ1) is 9.96. The summed E-state index contributed by atoms with van der Waals surface area (Å²) in [4.78, 5) is 4.44. The highest BCUT2D eigenvalue weighted by atomic mass is 32.2. The van der Waals surface area contributed by atoms with Crippen molar-refractivity contribution in [3.63, 3.8) is 0 Å². The Morgan fingerprint density at radius 2 is 2.14 bits per heavy atom. The van der Waals surface area contributed by atoms with E-state index in [1.807, 2.05) is 6.07 Å². The molecule has 1 saturated carbocycles. The van der Waals surface area contributed by atoms with Crippen LogP contribution in [0.25, 0.3) is 0 Å². The van der Waals surface area contributed by atoms with Crippen molar-refractivity contribution in [1.29, 1.82) is 0 Å². The standard InChI is InChI=1S/C14H22N4O2S/c1-10-7-13(10)18-14(15-2)17-9-11-5-4-6-12(8-11)21(19,20)16-3/h4-6,8,10,13,16H,7,9H2,1-3H3,(H2,15,17,18). The maximum atomic E-state index is 11.8. The zero-order valence-electron chi connectivity index (χ0n) is 12.6. The lowest BCUT2D eigenvalue weighted by Crippen LogP contribution is -2.38. The van der Waals surface area contributed by atoms with E-state index in [1.54, 1.807) is 25.2 Å². The third kappa shape index (κ3) is 4.18. The molecule has 0 spiro atoms. The Morgan fingerprint density at radius 3 is 2.71 bits per heavy atom. The second-order valence-electron chi connectivity index (χ2n) is 5.24. The van der Waals surface area contributed by atoms with Gasteiger partial charge in [0.25, 0.3) is 0 Å². The number of nitrogens with zero attached hydrogens (tertiary/aromatic N) is 1. The number of aliphatic imine (C=N–C) groups is 1. The Hall–Kier alpha value is -1.60. The smallest absolute Gasteiger partial charge is 0.240 e. The van der Waals surface area contributed by atoms with Gasteiger partial charge in [0.05, 0.1) is 4.90 Å². The SMILES string of the molecule is CN=C(NCc1cccc(S(=O)(=O)NC)c1)NC1CC1C. The molecular weight excluding hydrogens is 288 g/mol. The Bertz CT molecular complexity index is 628. The van der Waals surface area contributed by atoms with Crippen LogP contribution in [0.2, 0.25) is 0 Å². The molecule has 0 radical (unpaired) electrons. The Kier molecular flexibility index (Phi) is 4.84. The average Bonchev–Trinajstić information content (AvgIpc) is 3.19. The highest BCUT2D eigenvalue weighted by Gasteiger charge is 2.33. The molecule has 1 fully saturated rings. The van der Waals surface area contributed by atoms with Gasteiger partial charge in [-0.1, -0.05) is 19.1 Å². The van der Waals surface area contributed by atoms with Gasteiger partial charge in [-0.05, 0) is 37.1 Å². The van der Waals surface area contributed by atoms with E-state index in [9.17, 15) is 8.42 Å². The van der Waals surface area contributed by atoms with Crippen molar-refractivity contribution in [2.45, 2.75) is 30.8 Å². The first-order valence-corrected chi connectivity index (χ1v) is 8.44. The monoisotopic (exact) mass is 310 g/mol. The summed E-state index contributed by atoms with van der Waals surface area (Å²) in [6.07, 6.45) is 1.16. The summed E-state index contributed by atoms with van der Waals surface area (Å²) in [5.41, 5.74) is 0.887. The molecule has 2 atom stereocenters. The number of hydrogen-bond acceptors (Lipinski definition) is 3. The maximum Gasteiger partial charge on any atom is 0.240 e. The highest BCUT2D eigenvalue weighted by molar-refractivity contribution is 7.89. The lowest BCUT2D eigenvalue weighted by atomic mass is 10.2. The van der Waals surface area contributed by atoms with Gasteiger partial charge >= 0.3 is 0 Å². The van der Waals surface area contributed by atoms with E-state index < -0.39 is 10.0 Å². The van der Waals surface area contributed by atoms with Gasteiger partial charge in [0.2, 0.25) is 10.0 Å². The van der Waals surface area contributed by atoms with E-state index in [1.165, 1.54) is 7.05 Å². The van der Waals surface area contributed by atoms with Crippen LogP contribution in [0.4, 0.5) is 0 Å². The Balaban J connectivity index is 1.98. The number of sulfonamides is 1. The van der Waals surface area contributed by atoms with Gasteiger partial charge in [-0.2, -0.15) is 0 Å². The molecule has 2 rings (SSSR count). The second kappa shape index (κ2) is 6.44. The number of rotatable bonds is 5. The first kappa shape index (κ1) is 15.8. The third-order valence-electron chi connectivity index (χ3n) is 3.59. The molecule has 6 nitrogen and oxygen atoms in total. The van der Waals surface area contributed by atoms with Crippen LogP contribution in [-0.2, 0) is 16.6 Å². The van der Waals surface area contributed by atoms with Gasteiger partial charge in [0.15, 0.2) is 5.96 Å². The second-order valence-corrected chi connectivity index (χ2v) is 7.13. The first-order valence-electron chi connectivity index (χ1n) is 6.96. The topological polar surface area (TPSA) is 82.6 Å². The predicted molar refractivity (Wildman–Crippen MR) is 83.6 cm³/mol. The van der Waals surface area contributed by atoms with Crippen molar-refractivity contribution in [2.24, 2.45) is 10.9 Å². The molecule has 3 N–H and O–H groups in total. The van der Waals surface area contributed by atoms with Gasteiger partial charge in [0.1, 0.15) is 0 Å². The van der Waals surface area contributed by atoms with E-state index in [0.717, 1.165) is 17.9 Å². The van der Waals surface area contributed by atoms with Crippen molar-refractivity contribution >= 4 is 16.0 Å². The van der Waals surface area contributed by atoms with E-state index in [-0.39, 0.29) is 4.90 Å². The average molecular weight is 310 g/mol. The minimum Gasteiger partial charge on any atom is -0.353 e. The zero-order valence-corrected chi connectivity index (χ0v) is 13.4. The molecule has 1 aromatic carbocycles. The quantitative estimate of drug-likeness (QED) is 0.551. The van der Waals surface area contributed by atoms with E-state index in [4.69, 9.17) is 0 Å². The van der Waals surface area contributed by atoms with E-state index >= 15 is 0 Å². The van der Waals surface area contributed by atoms with Crippen molar-refractivity contribution in [3.8, 4) is 0 Å². The lowest BCUT2D eigenvalue weighted by molar-refractivity contribution is 0.588. The van der Waals surface area contributed by atoms with Crippen LogP contribution < -0.4 is 15.4 Å². The van der Waals surface area contributed by atoms with Crippen molar-refractivity contribution in [2.75, 3.05) is 14.1 Å². The van der Waals surface area contributed by atoms with Gasteiger partial charge < -0.3 is 10.6 Å². The summed E-state index contributed by atoms with van der Waals surface area (Å²) in [5, 5.41) is 6.52. The molecule has 0 aromatic heterocycles. The molecule has 0 aliphatic heterocycles. The molecule has 0 amide bonds. The van der Waals surface area contributed by atoms with Crippen molar-refractivity contribution in [3.05, 3.63) is 29.8 Å². The predicted octanol–water partition coefficient (Wildman–Crippen LogP) is 0.668. The molecular formula is C14H22N4O2S. The van der Waals surface area contributed by atoms with E-state index in [2.05, 4.69) is 27.3 Å². The number of benzene rings is 1. The Labute approximate surface area is 126 Å². The number of hydrogen-bond donors (Lipinski definition) is 3. The fraction of sp³-hybridized carbons (Fsp3) is 0.500. The molecule has 1 aliphatic carbocycles. The molecule has 116 valence electrons. The summed E-state index contributed by atoms with van der Waals surface area (Å²) < 4.78 is 25.9. The van der Waals surface area contributed by atoms with Crippen molar-refractivity contribution in [1.82, 2.24) is 15.4 Å². The van der Waals surface area contributed by atoms with Crippen LogP contribution in [0, 0.1) is 5.92 Å². The van der Waals surface area contributed by atoms with Gasteiger partial charge in [-0.25, -0.2) is 13.1 Å². The molecule has 1 aromatic rings. The van der Waals surface area contributed by atoms with Crippen LogP contribution in [0.3, 0.4) is 0 Å². The van der Waals surface area contributed by atoms with Crippen LogP contribution in [0.1, 0.15) is 18.9 Å². The van der Waals surface area contributed by atoms with Crippen LogP contribution in [0.15, 0.2) is 34.2 Å². The summed E-state index contributed by atoms with van der Waals surface area (Å²) in [7, 11) is -0.273. The van der Waals surface area contributed by atoms with Crippen molar-refractivity contribution < 1.29 is 8.42 Å². The Morgan fingerprint density at radius 1 is 1.43 bits per heavy atom. The minimum atomic E-state index is -3.40. The lowest BCUT2D eigenvalue weighted by Gasteiger charge is -2.12. The normalized spacial score (nSPS) is 22.0. The largest absolute Gasteiger partial charge is 0.353 e. The molecule has 0 bridgehead atoms. The van der Waals surface area contributed by atoms with Crippen LogP contribution >= 0.6 is 0 Å². The summed E-state index contributed by atoms with van der Waals surface area (Å²) in [6.45, 7) is 2.71. The molecule has 7 heteroatoms. The van der Waals surface area contributed by atoms with Gasteiger partial charge in [-0.15, -0.1) is 0 Å². The summed E-state index contributed by atoms with van der Waals surface area (Å²) in [6, 6.07) is 7.35. The molecule has 1 aliphatic rings. The number of guanidine groups is 1. The number of nitrogens with one attached hydrogen (secondary N) is 3. The summed E-state index contributed by atoms with van der Waals surface area (Å²) in [5.74, 6) is 1.43. The van der Waals surface area contributed by atoms with Crippen LogP contribution in [0.5, 0.6) is 0 Å². The zero-order chi connectivity index (χ0) is 15.5. The molecule has 0 heterocycles. The minimum absolute atomic E-state index is 0.267. The van der Waals surface area contributed by atoms with Crippen LogP contribution in [-0.4, -0.2) is 34.5 Å². The third-order valence-corrected chi connectivity index (χ3v) is 5.00. The van der Waals surface area contributed by atoms with E-state index in [0.29, 0.717) is 18.5 Å². The highest BCUT2D eigenvalue weighted by Crippen LogP contribution is 2.28.